The maximum atomic E-state index is 5.90. The summed E-state index contributed by atoms with van der Waals surface area (Å²) in [6.45, 7) is 1.93. The topological polar surface area (TPSA) is 22.1 Å². The van der Waals surface area contributed by atoms with Crippen LogP contribution in [0.15, 0.2) is 18.2 Å². The van der Waals surface area contributed by atoms with Crippen molar-refractivity contribution in [2.45, 2.75) is 12.8 Å². The van der Waals surface area contributed by atoms with Gasteiger partial charge < -0.3 is 4.74 Å². The molecule has 0 spiro atoms. The van der Waals surface area contributed by atoms with E-state index in [9.17, 15) is 0 Å². The monoisotopic (exact) mass is 307 g/mol. The highest BCUT2D eigenvalue weighted by molar-refractivity contribution is 7.14. The van der Waals surface area contributed by atoms with E-state index >= 15 is 0 Å². The molecule has 0 N–H and O–H groups in total. The Hall–Kier alpha value is -0.480. The van der Waals surface area contributed by atoms with Crippen LogP contribution in [0.4, 0.5) is 0 Å². The van der Waals surface area contributed by atoms with Crippen molar-refractivity contribution in [1.29, 1.82) is 0 Å². The highest BCUT2D eigenvalue weighted by Gasteiger charge is 2.11. The second-order valence-corrected chi connectivity index (χ2v) is 5.45. The van der Waals surface area contributed by atoms with Crippen molar-refractivity contribution in [2.24, 2.45) is 0 Å². The van der Waals surface area contributed by atoms with Gasteiger partial charge in [-0.2, -0.15) is 4.98 Å². The third-order valence-electron chi connectivity index (χ3n) is 2.10. The van der Waals surface area contributed by atoms with E-state index in [1.807, 2.05) is 19.1 Å². The number of ether oxygens (including phenoxy) is 1. The van der Waals surface area contributed by atoms with Gasteiger partial charge in [0.2, 0.25) is 0 Å². The Labute approximate surface area is 118 Å². The van der Waals surface area contributed by atoms with Crippen LogP contribution in [-0.4, -0.2) is 4.98 Å². The van der Waals surface area contributed by atoms with E-state index in [4.69, 9.17) is 39.5 Å². The average molecular weight is 309 g/mol. The summed E-state index contributed by atoms with van der Waals surface area (Å²) in [6, 6.07) is 5.44. The fraction of sp³-hybridized carbons (Fsp3) is 0.182. The number of aryl methyl sites for hydroxylation is 1. The number of hydrogen-bond acceptors (Lipinski definition) is 3. The summed E-state index contributed by atoms with van der Waals surface area (Å²) in [4.78, 5) is 4.88. The lowest BCUT2D eigenvalue weighted by Gasteiger charge is -2.05. The largest absolute Gasteiger partial charge is 0.431 e. The van der Waals surface area contributed by atoms with Crippen LogP contribution in [0.2, 0.25) is 10.2 Å². The van der Waals surface area contributed by atoms with E-state index in [-0.39, 0.29) is 0 Å². The van der Waals surface area contributed by atoms with Crippen molar-refractivity contribution in [1.82, 2.24) is 4.98 Å². The molecule has 6 heteroatoms. The van der Waals surface area contributed by atoms with Crippen molar-refractivity contribution < 1.29 is 4.74 Å². The van der Waals surface area contributed by atoms with Crippen LogP contribution in [0.3, 0.4) is 0 Å². The van der Waals surface area contributed by atoms with E-state index in [0.29, 0.717) is 27.0 Å². The van der Waals surface area contributed by atoms with Crippen molar-refractivity contribution in [3.63, 3.8) is 0 Å². The van der Waals surface area contributed by atoms with Gasteiger partial charge >= 0.3 is 0 Å². The summed E-state index contributed by atoms with van der Waals surface area (Å²) >= 11 is 18.8. The van der Waals surface area contributed by atoms with Crippen molar-refractivity contribution >= 4 is 46.1 Å². The molecule has 0 aliphatic carbocycles. The van der Waals surface area contributed by atoms with Gasteiger partial charge in [0.25, 0.3) is 5.19 Å². The van der Waals surface area contributed by atoms with Crippen LogP contribution in [0.25, 0.3) is 0 Å². The van der Waals surface area contributed by atoms with Gasteiger partial charge in [-0.25, -0.2) is 0 Å². The van der Waals surface area contributed by atoms with Gasteiger partial charge in [0.15, 0.2) is 0 Å². The summed E-state index contributed by atoms with van der Waals surface area (Å²) in [7, 11) is 0. The number of nitrogens with zero attached hydrogens (tertiary/aromatic N) is 1. The molecule has 1 aromatic heterocycles. The van der Waals surface area contributed by atoms with E-state index in [0.717, 1.165) is 10.4 Å². The number of thiazole rings is 1. The van der Waals surface area contributed by atoms with Gasteiger partial charge in [0.1, 0.15) is 10.9 Å². The maximum Gasteiger partial charge on any atom is 0.280 e. The minimum Gasteiger partial charge on any atom is -0.431 e. The van der Waals surface area contributed by atoms with Crippen molar-refractivity contribution in [2.75, 3.05) is 0 Å². The third-order valence-corrected chi connectivity index (χ3v) is 4.12. The van der Waals surface area contributed by atoms with E-state index in [1.165, 1.54) is 11.3 Å². The Balaban J connectivity index is 2.27. The van der Waals surface area contributed by atoms with E-state index in [1.54, 1.807) is 6.07 Å². The van der Waals surface area contributed by atoms with Gasteiger partial charge in [-0.3, -0.25) is 0 Å². The van der Waals surface area contributed by atoms with Gasteiger partial charge in [0.05, 0.1) is 10.8 Å². The zero-order chi connectivity index (χ0) is 12.4. The molecule has 0 saturated carbocycles. The lowest BCUT2D eigenvalue weighted by Crippen LogP contribution is -1.86. The predicted molar refractivity (Wildman–Crippen MR) is 72.9 cm³/mol. The molecule has 17 heavy (non-hydrogen) atoms. The minimum atomic E-state index is 0.328. The number of rotatable bonds is 3. The first-order chi connectivity index (χ1) is 8.10. The summed E-state index contributed by atoms with van der Waals surface area (Å²) in [5.41, 5.74) is 0.980. The molecule has 1 heterocycles. The molecule has 0 amide bonds. The molecule has 0 saturated heterocycles. The Morgan fingerprint density at radius 3 is 2.76 bits per heavy atom. The van der Waals surface area contributed by atoms with Crippen LogP contribution >= 0.6 is 46.1 Å². The fourth-order valence-electron chi connectivity index (χ4n) is 1.22. The number of aromatic nitrogens is 1. The molecule has 90 valence electrons. The van der Waals surface area contributed by atoms with Gasteiger partial charge in [-0.15, -0.1) is 11.6 Å². The van der Waals surface area contributed by atoms with Crippen LogP contribution in [0.5, 0.6) is 10.9 Å². The van der Waals surface area contributed by atoms with Gasteiger partial charge in [-0.05, 0) is 24.6 Å². The molecule has 1 aromatic carbocycles. The summed E-state index contributed by atoms with van der Waals surface area (Å²) in [6.07, 6.45) is 0. The second kappa shape index (κ2) is 5.44. The first-order valence-corrected chi connectivity index (χ1v) is 6.86. The molecular weight excluding hydrogens is 301 g/mol. The molecule has 0 fully saturated rings. The van der Waals surface area contributed by atoms with Gasteiger partial charge in [-0.1, -0.05) is 40.6 Å². The first-order valence-electron chi connectivity index (χ1n) is 4.75. The Morgan fingerprint density at radius 1 is 1.35 bits per heavy atom. The number of alkyl halides is 1. The lowest BCUT2D eigenvalue weighted by molar-refractivity contribution is 0.475. The summed E-state index contributed by atoms with van der Waals surface area (Å²) in [5, 5.41) is 1.47. The number of benzene rings is 1. The normalized spacial score (nSPS) is 10.6. The molecule has 0 radical (unpaired) electrons. The molecule has 2 rings (SSSR count). The summed E-state index contributed by atoms with van der Waals surface area (Å²) < 4.78 is 5.63. The summed E-state index contributed by atoms with van der Waals surface area (Å²) in [5.74, 6) is 0.998. The highest BCUT2D eigenvalue weighted by Crippen LogP contribution is 2.34. The SMILES string of the molecule is Cc1ccc(Cl)cc1Oc1nc(Cl)c(CCl)s1. The zero-order valence-electron chi connectivity index (χ0n) is 8.84. The van der Waals surface area contributed by atoms with Crippen molar-refractivity contribution in [3.8, 4) is 10.9 Å². The zero-order valence-corrected chi connectivity index (χ0v) is 11.9. The lowest BCUT2D eigenvalue weighted by atomic mass is 10.2. The minimum absolute atomic E-state index is 0.328. The predicted octanol–water partition coefficient (Wildman–Crippen LogP) is 5.29. The average Bonchev–Trinajstić information content (AvgIpc) is 2.64. The van der Waals surface area contributed by atoms with Gasteiger partial charge in [0, 0.05) is 5.02 Å². The standard InChI is InChI=1S/C11H8Cl3NOS/c1-6-2-3-7(13)4-8(6)16-11-15-10(14)9(5-12)17-11/h2-4H,5H2,1H3. The maximum absolute atomic E-state index is 5.90. The molecule has 0 aliphatic rings. The molecule has 0 bridgehead atoms. The van der Waals surface area contributed by atoms with Crippen LogP contribution in [0.1, 0.15) is 10.4 Å². The van der Waals surface area contributed by atoms with Crippen LogP contribution in [-0.2, 0) is 5.88 Å². The number of hydrogen-bond donors (Lipinski definition) is 0. The van der Waals surface area contributed by atoms with E-state index in [2.05, 4.69) is 4.98 Å². The van der Waals surface area contributed by atoms with Crippen molar-refractivity contribution in [3.05, 3.63) is 38.8 Å². The quantitative estimate of drug-likeness (QED) is 0.719. The van der Waals surface area contributed by atoms with Crippen LogP contribution in [0, 0.1) is 6.92 Å². The molecular formula is C11H8Cl3NOS. The smallest absolute Gasteiger partial charge is 0.280 e. The molecule has 0 atom stereocenters. The molecule has 2 aromatic rings. The molecule has 0 aliphatic heterocycles. The Kier molecular flexibility index (Phi) is 4.15. The molecule has 2 nitrogen and oxygen atoms in total. The molecule has 0 unspecified atom stereocenters. The van der Waals surface area contributed by atoms with E-state index < -0.39 is 0 Å². The first kappa shape index (κ1) is 13.0. The second-order valence-electron chi connectivity index (χ2n) is 3.34. The third kappa shape index (κ3) is 3.05. The number of halogens is 3. The highest BCUT2D eigenvalue weighted by atomic mass is 35.5. The fourth-order valence-corrected chi connectivity index (χ4v) is 2.71. The Bertz CT molecular complexity index is 542. The van der Waals surface area contributed by atoms with Crippen LogP contribution < -0.4 is 4.74 Å². The Morgan fingerprint density at radius 2 is 2.12 bits per heavy atom.